The molecule has 12 heavy (non-hydrogen) atoms. The predicted octanol–water partition coefficient (Wildman–Crippen LogP) is -3.96. The summed E-state index contributed by atoms with van der Waals surface area (Å²) in [4.78, 5) is 27.2. The zero-order valence-electron chi connectivity index (χ0n) is 6.35. The van der Waals surface area contributed by atoms with E-state index >= 15 is 0 Å². The number of hydrogen-bond donors (Lipinski definition) is 2. The summed E-state index contributed by atoms with van der Waals surface area (Å²) in [5.74, 6) is -2.49. The normalized spacial score (nSPS) is 8.67. The quantitative estimate of drug-likeness (QED) is 0.190. The molecule has 0 fully saturated rings. The van der Waals surface area contributed by atoms with Crippen LogP contribution < -0.4 is 29.6 Å². The minimum absolute atomic E-state index is 0. The zero-order valence-corrected chi connectivity index (χ0v) is 8.35. The van der Waals surface area contributed by atoms with Gasteiger partial charge in [0.2, 0.25) is 0 Å². The molecule has 0 spiro atoms. The maximum atomic E-state index is 9.72. The Hall–Kier alpha value is -0.180. The van der Waals surface area contributed by atoms with Gasteiger partial charge in [-0.1, -0.05) is 5.04 Å². The number of hydrogen-bond acceptors (Lipinski definition) is 5. The largest absolute Gasteiger partial charge is 1.00 e. The van der Waals surface area contributed by atoms with Crippen molar-refractivity contribution in [1.29, 1.82) is 0 Å². The molecule has 0 saturated heterocycles. The Morgan fingerprint density at radius 1 is 1.00 bits per heavy atom. The average molecular weight is 189 g/mol. The number of rotatable bonds is 6. The van der Waals surface area contributed by atoms with E-state index in [0.717, 1.165) is 0 Å². The standard InChI is InChI=1S/C4H6O7.Na/c5-3(6)1-9-11-10-2-4(7)8;/h1-2H2,(H,5,6)(H,7,8);/q;+1. The second-order valence-electron chi connectivity index (χ2n) is 1.38. The molecule has 0 saturated carbocycles. The second-order valence-corrected chi connectivity index (χ2v) is 1.38. The Labute approximate surface area is 89.4 Å². The molecule has 64 valence electrons. The maximum absolute atomic E-state index is 9.72. The smallest absolute Gasteiger partial charge is 0.479 e. The number of carbonyl (C=O) groups is 2. The van der Waals surface area contributed by atoms with Crippen molar-refractivity contribution in [3.05, 3.63) is 0 Å². The molecule has 8 heteroatoms. The van der Waals surface area contributed by atoms with Gasteiger partial charge in [-0.3, -0.25) is 0 Å². The van der Waals surface area contributed by atoms with Crippen LogP contribution in [0.4, 0.5) is 0 Å². The summed E-state index contributed by atoms with van der Waals surface area (Å²) in [6.07, 6.45) is 0. The molecule has 0 bridgehead atoms. The Kier molecular flexibility index (Phi) is 10.7. The summed E-state index contributed by atoms with van der Waals surface area (Å²) in [7, 11) is 0. The van der Waals surface area contributed by atoms with Gasteiger partial charge in [0, 0.05) is 0 Å². The van der Waals surface area contributed by atoms with Gasteiger partial charge in [0.25, 0.3) is 0 Å². The molecule has 0 aromatic rings. The second kappa shape index (κ2) is 8.91. The van der Waals surface area contributed by atoms with E-state index in [1.54, 1.807) is 0 Å². The third kappa shape index (κ3) is 12.5. The van der Waals surface area contributed by atoms with Gasteiger partial charge in [-0.05, 0) is 0 Å². The average Bonchev–Trinajstić information content (AvgIpc) is 1.85. The zero-order chi connectivity index (χ0) is 8.69. The molecule has 0 aromatic carbocycles. The van der Waals surface area contributed by atoms with Crippen LogP contribution in [0.25, 0.3) is 0 Å². The maximum Gasteiger partial charge on any atom is 1.00 e. The number of carboxylic acids is 2. The fourth-order valence-electron chi connectivity index (χ4n) is 0.183. The first-order valence-corrected chi connectivity index (χ1v) is 2.47. The van der Waals surface area contributed by atoms with E-state index in [1.165, 1.54) is 0 Å². The Balaban J connectivity index is 0. The van der Waals surface area contributed by atoms with Crippen LogP contribution in [0.15, 0.2) is 0 Å². The number of aliphatic carboxylic acids is 2. The Bertz CT molecular complexity index is 130. The molecular formula is C4H6NaO7+. The summed E-state index contributed by atoms with van der Waals surface area (Å²) in [5.41, 5.74) is 0. The van der Waals surface area contributed by atoms with Crippen LogP contribution in [0.5, 0.6) is 0 Å². The molecule has 0 radical (unpaired) electrons. The minimum Gasteiger partial charge on any atom is -0.479 e. The molecule has 2 N–H and O–H groups in total. The van der Waals surface area contributed by atoms with Crippen molar-refractivity contribution in [3.63, 3.8) is 0 Å². The molecule has 0 rings (SSSR count). The first-order valence-electron chi connectivity index (χ1n) is 2.47. The number of carboxylic acid groups (broad SMARTS) is 2. The third-order valence-corrected chi connectivity index (χ3v) is 0.461. The first-order chi connectivity index (χ1) is 5.13. The summed E-state index contributed by atoms with van der Waals surface area (Å²) < 4.78 is 0. The van der Waals surface area contributed by atoms with E-state index in [0.29, 0.717) is 0 Å². The SMILES string of the molecule is O=C(O)COOOCC(=O)O.[Na+]. The third-order valence-electron chi connectivity index (χ3n) is 0.461. The molecule has 0 aliphatic heterocycles. The van der Waals surface area contributed by atoms with Gasteiger partial charge in [-0.15, -0.1) is 0 Å². The fourth-order valence-corrected chi connectivity index (χ4v) is 0.183. The van der Waals surface area contributed by atoms with Crippen molar-refractivity contribution >= 4 is 11.9 Å². The van der Waals surface area contributed by atoms with Crippen LogP contribution in [0, 0.1) is 0 Å². The molecule has 0 aliphatic carbocycles. The van der Waals surface area contributed by atoms with E-state index in [9.17, 15) is 9.59 Å². The summed E-state index contributed by atoms with van der Waals surface area (Å²) in [6.45, 7) is -1.42. The van der Waals surface area contributed by atoms with Gasteiger partial charge in [-0.25, -0.2) is 9.59 Å². The van der Waals surface area contributed by atoms with Crippen molar-refractivity contribution < 1.29 is 64.2 Å². The molecule has 0 aromatic heterocycles. The van der Waals surface area contributed by atoms with Crippen LogP contribution in [-0.2, 0) is 24.4 Å². The van der Waals surface area contributed by atoms with Crippen LogP contribution in [0.2, 0.25) is 0 Å². The van der Waals surface area contributed by atoms with Crippen LogP contribution in [0.1, 0.15) is 0 Å². The molecule has 0 atom stereocenters. The monoisotopic (exact) mass is 189 g/mol. The van der Waals surface area contributed by atoms with Gasteiger partial charge in [0.15, 0.2) is 13.2 Å². The van der Waals surface area contributed by atoms with Crippen LogP contribution in [0.3, 0.4) is 0 Å². The van der Waals surface area contributed by atoms with Crippen molar-refractivity contribution in [3.8, 4) is 0 Å². The van der Waals surface area contributed by atoms with Crippen molar-refractivity contribution in [2.24, 2.45) is 0 Å². The van der Waals surface area contributed by atoms with E-state index in [4.69, 9.17) is 10.2 Å². The first kappa shape index (κ1) is 14.3. The van der Waals surface area contributed by atoms with E-state index in [2.05, 4.69) is 14.8 Å². The Morgan fingerprint density at radius 2 is 1.33 bits per heavy atom. The predicted molar refractivity (Wildman–Crippen MR) is 28.3 cm³/mol. The van der Waals surface area contributed by atoms with Crippen molar-refractivity contribution in [1.82, 2.24) is 0 Å². The van der Waals surface area contributed by atoms with Crippen LogP contribution >= 0.6 is 0 Å². The molecule has 0 heterocycles. The molecule has 7 nitrogen and oxygen atoms in total. The van der Waals surface area contributed by atoms with E-state index in [-0.39, 0.29) is 29.6 Å². The molecule has 0 aliphatic rings. The fraction of sp³-hybridized carbons (Fsp3) is 0.500. The Morgan fingerprint density at radius 3 is 1.58 bits per heavy atom. The molecule has 0 unspecified atom stereocenters. The van der Waals surface area contributed by atoms with Gasteiger partial charge >= 0.3 is 41.5 Å². The summed E-state index contributed by atoms with van der Waals surface area (Å²) in [5, 5.41) is 19.6. The van der Waals surface area contributed by atoms with Gasteiger partial charge in [0.05, 0.1) is 0 Å². The van der Waals surface area contributed by atoms with E-state index in [1.807, 2.05) is 0 Å². The van der Waals surface area contributed by atoms with E-state index < -0.39 is 25.2 Å². The van der Waals surface area contributed by atoms with Crippen molar-refractivity contribution in [2.45, 2.75) is 0 Å². The van der Waals surface area contributed by atoms with Gasteiger partial charge < -0.3 is 10.2 Å². The summed E-state index contributed by atoms with van der Waals surface area (Å²) in [6, 6.07) is 0. The van der Waals surface area contributed by atoms with Gasteiger partial charge in [0.1, 0.15) is 0 Å². The van der Waals surface area contributed by atoms with Crippen LogP contribution in [-0.4, -0.2) is 35.4 Å². The van der Waals surface area contributed by atoms with Crippen molar-refractivity contribution in [2.75, 3.05) is 13.2 Å². The summed E-state index contributed by atoms with van der Waals surface area (Å²) >= 11 is 0. The molecular weight excluding hydrogens is 183 g/mol. The topological polar surface area (TPSA) is 102 Å². The molecule has 0 amide bonds. The van der Waals surface area contributed by atoms with Gasteiger partial charge in [-0.2, -0.15) is 9.78 Å². The minimum atomic E-state index is -1.25.